The number of alkyl halides is 3. The number of fused-ring (bicyclic) bond motifs is 3. The summed E-state index contributed by atoms with van der Waals surface area (Å²) in [5.41, 5.74) is 1.42. The van der Waals surface area contributed by atoms with Gasteiger partial charge in [0, 0.05) is 48.6 Å². The average Bonchev–Trinajstić information content (AvgIpc) is 2.88. The molecule has 2 aromatic heterocycles. The number of carbonyl (C=O) groups is 1. The van der Waals surface area contributed by atoms with Gasteiger partial charge in [-0.2, -0.15) is 13.2 Å². The number of ether oxygens (including phenoxy) is 1. The van der Waals surface area contributed by atoms with Gasteiger partial charge in [-0.15, -0.1) is 0 Å². The molecule has 0 spiro atoms. The fourth-order valence-electron chi connectivity index (χ4n) is 5.21. The molecule has 0 unspecified atom stereocenters. The molecule has 2 atom stereocenters. The van der Waals surface area contributed by atoms with Crippen LogP contribution in [-0.2, 0) is 10.9 Å². The highest BCUT2D eigenvalue weighted by Gasteiger charge is 2.37. The molecule has 1 N–H and O–H groups in total. The number of nitrogens with one attached hydrogen (secondary N) is 1. The molecule has 37 heavy (non-hydrogen) atoms. The van der Waals surface area contributed by atoms with E-state index >= 15 is 0 Å². The summed E-state index contributed by atoms with van der Waals surface area (Å²) in [4.78, 5) is 24.1. The summed E-state index contributed by atoms with van der Waals surface area (Å²) in [6.07, 6.45) is -0.837. The molecule has 2 aliphatic rings. The number of carbonyl (C=O) groups excluding carboxylic acids is 1. The molecule has 4 heterocycles. The molecule has 194 valence electrons. The van der Waals surface area contributed by atoms with Crippen LogP contribution in [-0.4, -0.2) is 42.2 Å². The Balaban J connectivity index is 1.47. The van der Waals surface area contributed by atoms with Crippen molar-refractivity contribution in [3.63, 3.8) is 0 Å². The highest BCUT2D eigenvalue weighted by molar-refractivity contribution is 6.04. The predicted octanol–water partition coefficient (Wildman–Crippen LogP) is 5.82. The van der Waals surface area contributed by atoms with Crippen LogP contribution in [0.4, 0.5) is 29.1 Å². The Morgan fingerprint density at radius 1 is 1.22 bits per heavy atom. The van der Waals surface area contributed by atoms with E-state index in [4.69, 9.17) is 9.72 Å². The molecule has 1 amide bonds. The first-order chi connectivity index (χ1) is 17.7. The first kappa shape index (κ1) is 25.1. The van der Waals surface area contributed by atoms with Gasteiger partial charge in [-0.3, -0.25) is 9.78 Å². The molecule has 5 rings (SSSR count). The van der Waals surface area contributed by atoms with Crippen molar-refractivity contribution in [3.05, 3.63) is 70.9 Å². The molecule has 10 heteroatoms. The van der Waals surface area contributed by atoms with Crippen LogP contribution in [0.3, 0.4) is 0 Å². The zero-order valence-corrected chi connectivity index (χ0v) is 20.4. The van der Waals surface area contributed by atoms with Crippen molar-refractivity contribution in [1.82, 2.24) is 9.97 Å². The van der Waals surface area contributed by atoms with E-state index in [9.17, 15) is 22.4 Å². The lowest BCUT2D eigenvalue weighted by Crippen LogP contribution is -2.42. The van der Waals surface area contributed by atoms with Gasteiger partial charge in [0.1, 0.15) is 11.6 Å². The van der Waals surface area contributed by atoms with Crippen LogP contribution in [0.25, 0.3) is 11.1 Å². The SMILES string of the molecule is CCN1C[C@@H]2COCC[C@H]2c2cc(-c3cc(NC(=O)c4cccc(C(F)(F)F)c4F)cnc3C)cnc21. The van der Waals surface area contributed by atoms with E-state index in [2.05, 4.69) is 28.2 Å². The fraction of sp³-hybridized carbons (Fsp3) is 0.370. The summed E-state index contributed by atoms with van der Waals surface area (Å²) in [5, 5.41) is 2.48. The van der Waals surface area contributed by atoms with E-state index in [-0.39, 0.29) is 5.69 Å². The normalized spacial score (nSPS) is 19.2. The van der Waals surface area contributed by atoms with Crippen molar-refractivity contribution < 1.29 is 27.1 Å². The number of benzene rings is 1. The van der Waals surface area contributed by atoms with Crippen molar-refractivity contribution in [1.29, 1.82) is 0 Å². The molecular weight excluding hydrogens is 488 g/mol. The lowest BCUT2D eigenvalue weighted by molar-refractivity contribution is -0.140. The topological polar surface area (TPSA) is 67.3 Å². The Kier molecular flexibility index (Phi) is 6.61. The largest absolute Gasteiger partial charge is 0.419 e. The highest BCUT2D eigenvalue weighted by atomic mass is 19.4. The lowest BCUT2D eigenvalue weighted by Gasteiger charge is -2.42. The van der Waals surface area contributed by atoms with Crippen LogP contribution in [0.15, 0.2) is 42.7 Å². The summed E-state index contributed by atoms with van der Waals surface area (Å²) in [6.45, 7) is 7.05. The van der Waals surface area contributed by atoms with Gasteiger partial charge in [0.25, 0.3) is 5.91 Å². The van der Waals surface area contributed by atoms with Crippen LogP contribution < -0.4 is 10.2 Å². The molecule has 2 aliphatic heterocycles. The summed E-state index contributed by atoms with van der Waals surface area (Å²) in [6, 6.07) is 6.40. The number of aromatic nitrogens is 2. The van der Waals surface area contributed by atoms with Gasteiger partial charge >= 0.3 is 6.18 Å². The van der Waals surface area contributed by atoms with Gasteiger partial charge in [-0.25, -0.2) is 9.37 Å². The van der Waals surface area contributed by atoms with Gasteiger partial charge in [-0.1, -0.05) is 6.07 Å². The fourth-order valence-corrected chi connectivity index (χ4v) is 5.21. The second-order valence-corrected chi connectivity index (χ2v) is 9.38. The Bertz CT molecular complexity index is 1340. The third-order valence-electron chi connectivity index (χ3n) is 7.11. The molecule has 0 saturated carbocycles. The van der Waals surface area contributed by atoms with E-state index < -0.39 is 29.0 Å². The number of nitrogens with zero attached hydrogens (tertiary/aromatic N) is 3. The molecule has 0 bridgehead atoms. The Morgan fingerprint density at radius 3 is 2.78 bits per heavy atom. The Hall–Kier alpha value is -3.53. The van der Waals surface area contributed by atoms with Gasteiger partial charge in [0.15, 0.2) is 0 Å². The van der Waals surface area contributed by atoms with Crippen LogP contribution in [0.1, 0.15) is 46.4 Å². The van der Waals surface area contributed by atoms with Crippen LogP contribution >= 0.6 is 0 Å². The molecule has 0 radical (unpaired) electrons. The Morgan fingerprint density at radius 2 is 2.03 bits per heavy atom. The smallest absolute Gasteiger partial charge is 0.381 e. The first-order valence-electron chi connectivity index (χ1n) is 12.1. The standard InChI is InChI=1S/C27H26F4N4O2/c1-3-35-13-17-14-37-8-7-19(17)22-9-16(11-33-25(22)35)21-10-18(12-32-15(21)2)34-26(36)20-5-4-6-23(24(20)28)27(29,30)31/h4-6,9-12,17,19H,3,7-8,13-14H2,1-2H3,(H,34,36)/t17-,19-/m1/s1. The molecule has 1 fully saturated rings. The van der Waals surface area contributed by atoms with Crippen molar-refractivity contribution in [2.24, 2.45) is 5.92 Å². The van der Waals surface area contributed by atoms with Crippen molar-refractivity contribution in [2.45, 2.75) is 32.4 Å². The first-order valence-corrected chi connectivity index (χ1v) is 12.1. The molecular formula is C27H26F4N4O2. The number of amides is 1. The molecule has 0 aliphatic carbocycles. The number of hydrogen-bond acceptors (Lipinski definition) is 5. The zero-order valence-electron chi connectivity index (χ0n) is 20.4. The summed E-state index contributed by atoms with van der Waals surface area (Å²) >= 11 is 0. The maximum atomic E-state index is 14.5. The number of rotatable bonds is 4. The third-order valence-corrected chi connectivity index (χ3v) is 7.11. The number of pyridine rings is 2. The second kappa shape index (κ2) is 9.74. The van der Waals surface area contributed by atoms with Crippen LogP contribution in [0.2, 0.25) is 0 Å². The lowest BCUT2D eigenvalue weighted by atomic mass is 9.79. The minimum absolute atomic E-state index is 0.235. The molecule has 3 aromatic rings. The van der Waals surface area contributed by atoms with Crippen molar-refractivity contribution >= 4 is 17.4 Å². The minimum Gasteiger partial charge on any atom is -0.381 e. The molecule has 6 nitrogen and oxygen atoms in total. The molecule has 1 saturated heterocycles. The second-order valence-electron chi connectivity index (χ2n) is 9.38. The van der Waals surface area contributed by atoms with E-state index in [0.29, 0.717) is 36.8 Å². The van der Waals surface area contributed by atoms with Gasteiger partial charge in [0.05, 0.1) is 29.6 Å². The summed E-state index contributed by atoms with van der Waals surface area (Å²) in [7, 11) is 0. The van der Waals surface area contributed by atoms with E-state index in [1.807, 2.05) is 6.92 Å². The number of aryl methyl sites for hydroxylation is 1. The summed E-state index contributed by atoms with van der Waals surface area (Å²) < 4.78 is 59.4. The van der Waals surface area contributed by atoms with E-state index in [0.717, 1.165) is 54.2 Å². The third kappa shape index (κ3) is 4.77. The van der Waals surface area contributed by atoms with Crippen LogP contribution in [0.5, 0.6) is 0 Å². The van der Waals surface area contributed by atoms with Gasteiger partial charge < -0.3 is 15.0 Å². The number of halogens is 4. The van der Waals surface area contributed by atoms with Gasteiger partial charge in [-0.05, 0) is 56.0 Å². The number of hydrogen-bond donors (Lipinski definition) is 1. The van der Waals surface area contributed by atoms with E-state index in [1.165, 1.54) is 6.20 Å². The monoisotopic (exact) mass is 514 g/mol. The van der Waals surface area contributed by atoms with Crippen LogP contribution in [0, 0.1) is 18.7 Å². The minimum atomic E-state index is -4.91. The Labute approximate surface area is 211 Å². The average molecular weight is 515 g/mol. The predicted molar refractivity (Wildman–Crippen MR) is 131 cm³/mol. The maximum absolute atomic E-state index is 14.5. The number of anilines is 2. The van der Waals surface area contributed by atoms with Gasteiger partial charge in [0.2, 0.25) is 0 Å². The van der Waals surface area contributed by atoms with Crippen molar-refractivity contribution in [2.75, 3.05) is 36.5 Å². The van der Waals surface area contributed by atoms with Crippen molar-refractivity contribution in [3.8, 4) is 11.1 Å². The zero-order chi connectivity index (χ0) is 26.3. The summed E-state index contributed by atoms with van der Waals surface area (Å²) in [5.74, 6) is -0.931. The quantitative estimate of drug-likeness (QED) is 0.445. The van der Waals surface area contributed by atoms with E-state index in [1.54, 1.807) is 12.3 Å². The molecule has 1 aromatic carbocycles. The maximum Gasteiger partial charge on any atom is 0.419 e. The highest BCUT2D eigenvalue weighted by Crippen LogP contribution is 2.43.